The smallest absolute Gasteiger partial charge is 0.0739 e. The fraction of sp³-hybridized carbons (Fsp3) is 0.769. The summed E-state index contributed by atoms with van der Waals surface area (Å²) in [5, 5.41) is 4.56. The first-order valence-corrected chi connectivity index (χ1v) is 7.45. The molecule has 0 amide bonds. The van der Waals surface area contributed by atoms with Crippen molar-refractivity contribution >= 4 is 15.9 Å². The minimum Gasteiger partial charge on any atom is -0.297 e. The summed E-state index contributed by atoms with van der Waals surface area (Å²) in [6.07, 6.45) is 5.47. The third kappa shape index (κ3) is 3.10. The fourth-order valence-electron chi connectivity index (χ4n) is 2.53. The zero-order valence-corrected chi connectivity index (χ0v) is 12.5. The molecule has 17 heavy (non-hydrogen) atoms. The number of halogens is 1. The number of nitrogens with zero attached hydrogens (tertiary/aromatic N) is 3. The molecule has 1 aliphatic rings. The van der Waals surface area contributed by atoms with Gasteiger partial charge in [0.05, 0.1) is 15.9 Å². The summed E-state index contributed by atoms with van der Waals surface area (Å²) in [5.74, 6) is 0. The van der Waals surface area contributed by atoms with Crippen molar-refractivity contribution < 1.29 is 0 Å². The molecule has 3 nitrogen and oxygen atoms in total. The molecule has 1 saturated heterocycles. The van der Waals surface area contributed by atoms with Crippen molar-refractivity contribution in [3.05, 3.63) is 15.9 Å². The van der Waals surface area contributed by atoms with Crippen molar-refractivity contribution in [2.24, 2.45) is 0 Å². The minimum absolute atomic E-state index is 0.954. The van der Waals surface area contributed by atoms with Gasteiger partial charge in [0, 0.05) is 13.1 Å². The lowest BCUT2D eigenvalue weighted by Gasteiger charge is -2.20. The fourth-order valence-corrected chi connectivity index (χ4v) is 2.94. The van der Waals surface area contributed by atoms with Crippen LogP contribution in [-0.4, -0.2) is 27.8 Å². The third-order valence-electron chi connectivity index (χ3n) is 3.52. The van der Waals surface area contributed by atoms with Crippen molar-refractivity contribution in [2.75, 3.05) is 13.1 Å². The molecule has 0 aliphatic carbocycles. The molecule has 2 heterocycles. The lowest BCUT2D eigenvalue weighted by molar-refractivity contribution is 0.267. The van der Waals surface area contributed by atoms with E-state index in [4.69, 9.17) is 0 Å². The normalized spacial score (nSPS) is 18.3. The number of hydrogen-bond donors (Lipinski definition) is 0. The van der Waals surface area contributed by atoms with Crippen LogP contribution in [0.25, 0.3) is 0 Å². The maximum Gasteiger partial charge on any atom is 0.0739 e. The van der Waals surface area contributed by atoms with E-state index < -0.39 is 0 Å². The summed E-state index contributed by atoms with van der Waals surface area (Å²) in [6.45, 7) is 8.69. The molecule has 4 heteroatoms. The quantitative estimate of drug-likeness (QED) is 0.853. The monoisotopic (exact) mass is 299 g/mol. The predicted molar refractivity (Wildman–Crippen MR) is 74.1 cm³/mol. The molecule has 0 aromatic carbocycles. The van der Waals surface area contributed by atoms with Crippen LogP contribution < -0.4 is 0 Å². The third-order valence-corrected chi connectivity index (χ3v) is 4.56. The topological polar surface area (TPSA) is 21.1 Å². The molecule has 0 spiro atoms. The Bertz CT molecular complexity index is 365. The number of hydrogen-bond acceptors (Lipinski definition) is 2. The van der Waals surface area contributed by atoms with E-state index in [2.05, 4.69) is 44.5 Å². The van der Waals surface area contributed by atoms with Crippen LogP contribution in [0.3, 0.4) is 0 Å². The molecule has 0 N–H and O–H groups in total. The van der Waals surface area contributed by atoms with Crippen LogP contribution in [0.5, 0.6) is 0 Å². The Morgan fingerprint density at radius 2 is 1.82 bits per heavy atom. The van der Waals surface area contributed by atoms with Gasteiger partial charge in [0.25, 0.3) is 0 Å². The highest BCUT2D eigenvalue weighted by Crippen LogP contribution is 2.23. The first-order chi connectivity index (χ1) is 8.22. The lowest BCUT2D eigenvalue weighted by Crippen LogP contribution is -2.25. The highest BCUT2D eigenvalue weighted by atomic mass is 79.9. The van der Waals surface area contributed by atoms with Gasteiger partial charge in [-0.05, 0) is 55.7 Å². The summed E-state index contributed by atoms with van der Waals surface area (Å²) in [6, 6.07) is 0. The van der Waals surface area contributed by atoms with Gasteiger partial charge in [0.2, 0.25) is 0 Å². The van der Waals surface area contributed by atoms with Crippen LogP contribution in [0.4, 0.5) is 0 Å². The standard InChI is InChI=1S/C13H22BrN3/c1-3-17-12(13(14)11(2)15-17)10-16-8-6-4-5-7-9-16/h3-10H2,1-2H3. The average molecular weight is 300 g/mol. The summed E-state index contributed by atoms with van der Waals surface area (Å²) in [5.41, 5.74) is 2.45. The molecular weight excluding hydrogens is 278 g/mol. The molecular formula is C13H22BrN3. The number of aryl methyl sites for hydroxylation is 2. The molecule has 0 bridgehead atoms. The van der Waals surface area contributed by atoms with Gasteiger partial charge in [-0.25, -0.2) is 0 Å². The van der Waals surface area contributed by atoms with E-state index in [1.54, 1.807) is 0 Å². The van der Waals surface area contributed by atoms with Gasteiger partial charge in [-0.2, -0.15) is 5.10 Å². The molecule has 2 rings (SSSR count). The van der Waals surface area contributed by atoms with Gasteiger partial charge in [-0.1, -0.05) is 12.8 Å². The summed E-state index contributed by atoms with van der Waals surface area (Å²) in [7, 11) is 0. The summed E-state index contributed by atoms with van der Waals surface area (Å²) in [4.78, 5) is 2.57. The zero-order valence-electron chi connectivity index (χ0n) is 10.9. The molecule has 0 saturated carbocycles. The lowest BCUT2D eigenvalue weighted by atomic mass is 10.2. The summed E-state index contributed by atoms with van der Waals surface area (Å²) >= 11 is 3.68. The molecule has 0 radical (unpaired) electrons. The van der Waals surface area contributed by atoms with Crippen LogP contribution in [0.2, 0.25) is 0 Å². The SMILES string of the molecule is CCn1nc(C)c(Br)c1CN1CCCCCC1. The molecule has 1 aromatic rings. The molecule has 0 unspecified atom stereocenters. The Kier molecular flexibility index (Phi) is 4.62. The Hall–Kier alpha value is -0.350. The van der Waals surface area contributed by atoms with Crippen molar-refractivity contribution in [1.29, 1.82) is 0 Å². The van der Waals surface area contributed by atoms with E-state index in [1.165, 1.54) is 48.9 Å². The zero-order chi connectivity index (χ0) is 12.3. The van der Waals surface area contributed by atoms with Crippen molar-refractivity contribution in [3.63, 3.8) is 0 Å². The van der Waals surface area contributed by atoms with Gasteiger partial charge < -0.3 is 0 Å². The second kappa shape index (κ2) is 6.01. The first-order valence-electron chi connectivity index (χ1n) is 6.66. The van der Waals surface area contributed by atoms with Crippen molar-refractivity contribution in [1.82, 2.24) is 14.7 Å². The van der Waals surface area contributed by atoms with Crippen LogP contribution in [-0.2, 0) is 13.1 Å². The molecule has 1 aromatic heterocycles. The second-order valence-electron chi connectivity index (χ2n) is 4.85. The van der Waals surface area contributed by atoms with E-state index in [1.807, 2.05) is 0 Å². The van der Waals surface area contributed by atoms with Gasteiger partial charge in [0.1, 0.15) is 0 Å². The van der Waals surface area contributed by atoms with Crippen molar-refractivity contribution in [3.8, 4) is 0 Å². The van der Waals surface area contributed by atoms with Gasteiger partial charge in [0.15, 0.2) is 0 Å². The van der Waals surface area contributed by atoms with E-state index in [0.29, 0.717) is 0 Å². The maximum atomic E-state index is 4.56. The highest BCUT2D eigenvalue weighted by molar-refractivity contribution is 9.10. The summed E-state index contributed by atoms with van der Waals surface area (Å²) < 4.78 is 3.33. The van der Waals surface area contributed by atoms with E-state index >= 15 is 0 Å². The Labute approximate surface area is 112 Å². The second-order valence-corrected chi connectivity index (χ2v) is 5.65. The number of aromatic nitrogens is 2. The van der Waals surface area contributed by atoms with Crippen LogP contribution in [0.1, 0.15) is 44.0 Å². The number of likely N-dealkylation sites (tertiary alicyclic amines) is 1. The Balaban J connectivity index is 2.11. The molecule has 1 fully saturated rings. The highest BCUT2D eigenvalue weighted by Gasteiger charge is 2.16. The largest absolute Gasteiger partial charge is 0.297 e. The first kappa shape index (κ1) is 13.1. The van der Waals surface area contributed by atoms with E-state index in [-0.39, 0.29) is 0 Å². The Morgan fingerprint density at radius 1 is 1.18 bits per heavy atom. The predicted octanol–water partition coefficient (Wildman–Crippen LogP) is 3.35. The van der Waals surface area contributed by atoms with Gasteiger partial charge >= 0.3 is 0 Å². The van der Waals surface area contributed by atoms with Gasteiger partial charge in [-0.3, -0.25) is 9.58 Å². The van der Waals surface area contributed by atoms with E-state index in [0.717, 1.165) is 18.8 Å². The van der Waals surface area contributed by atoms with Crippen molar-refractivity contribution in [2.45, 2.75) is 52.6 Å². The van der Waals surface area contributed by atoms with Crippen LogP contribution in [0.15, 0.2) is 4.47 Å². The van der Waals surface area contributed by atoms with Crippen LogP contribution >= 0.6 is 15.9 Å². The molecule has 1 aliphatic heterocycles. The average Bonchev–Trinajstić information content (AvgIpc) is 2.54. The minimum atomic E-state index is 0.954. The maximum absolute atomic E-state index is 4.56. The van der Waals surface area contributed by atoms with Crippen LogP contribution in [0, 0.1) is 6.92 Å². The van der Waals surface area contributed by atoms with E-state index in [9.17, 15) is 0 Å². The number of rotatable bonds is 3. The Morgan fingerprint density at radius 3 is 2.41 bits per heavy atom. The van der Waals surface area contributed by atoms with Gasteiger partial charge in [-0.15, -0.1) is 0 Å². The molecule has 96 valence electrons. The molecule has 0 atom stereocenters.